The summed E-state index contributed by atoms with van der Waals surface area (Å²) in [5.74, 6) is 0. The summed E-state index contributed by atoms with van der Waals surface area (Å²) < 4.78 is 0. The van der Waals surface area contributed by atoms with E-state index < -0.39 is 5.60 Å². The van der Waals surface area contributed by atoms with E-state index >= 15 is 0 Å². The average molecular weight is 242 g/mol. The van der Waals surface area contributed by atoms with Crippen molar-refractivity contribution in [2.75, 3.05) is 13.1 Å². The summed E-state index contributed by atoms with van der Waals surface area (Å²) in [6.45, 7) is 2.18. The largest absolute Gasteiger partial charge is 0.383 e. The fourth-order valence-electron chi connectivity index (χ4n) is 3.89. The number of H-pyrrole nitrogens is 1. The van der Waals surface area contributed by atoms with Gasteiger partial charge in [-0.15, -0.1) is 0 Å². The van der Waals surface area contributed by atoms with Gasteiger partial charge in [0.25, 0.3) is 0 Å². The van der Waals surface area contributed by atoms with E-state index in [0.717, 1.165) is 37.0 Å². The maximum atomic E-state index is 11.2. The number of nitrogens with one attached hydrogen (secondary N) is 1. The molecule has 0 spiro atoms. The smallest absolute Gasteiger partial charge is 0.107 e. The third-order valence-electron chi connectivity index (χ3n) is 4.76. The highest BCUT2D eigenvalue weighted by molar-refractivity contribution is 5.84. The van der Waals surface area contributed by atoms with Gasteiger partial charge in [-0.05, 0) is 43.5 Å². The predicted molar refractivity (Wildman–Crippen MR) is 71.4 cm³/mol. The maximum absolute atomic E-state index is 11.2. The quantitative estimate of drug-likeness (QED) is 0.805. The van der Waals surface area contributed by atoms with E-state index in [4.69, 9.17) is 0 Å². The minimum absolute atomic E-state index is 0.318. The van der Waals surface area contributed by atoms with E-state index in [0.29, 0.717) is 6.04 Å². The van der Waals surface area contributed by atoms with Gasteiger partial charge in [0.1, 0.15) is 5.60 Å². The third kappa shape index (κ3) is 1.26. The lowest BCUT2D eigenvalue weighted by Crippen LogP contribution is -2.38. The molecule has 0 amide bonds. The molecular weight excluding hydrogens is 224 g/mol. The number of aliphatic hydroxyl groups is 1. The Kier molecular flexibility index (Phi) is 2.11. The number of aromatic nitrogens is 1. The highest BCUT2D eigenvalue weighted by atomic mass is 16.3. The summed E-state index contributed by atoms with van der Waals surface area (Å²) in [7, 11) is 0. The summed E-state index contributed by atoms with van der Waals surface area (Å²) in [4.78, 5) is 5.69. The molecule has 3 heteroatoms. The van der Waals surface area contributed by atoms with Gasteiger partial charge in [0, 0.05) is 29.7 Å². The molecule has 2 aromatic rings. The first-order chi connectivity index (χ1) is 8.79. The molecule has 3 nitrogen and oxygen atoms in total. The van der Waals surface area contributed by atoms with Crippen molar-refractivity contribution >= 4 is 10.9 Å². The molecule has 1 aromatic heterocycles. The maximum Gasteiger partial charge on any atom is 0.107 e. The fraction of sp³-hybridized carbons (Fsp3) is 0.467. The summed E-state index contributed by atoms with van der Waals surface area (Å²) in [5.41, 5.74) is 1.58. The number of nitrogens with zero attached hydrogens (tertiary/aromatic N) is 1. The Morgan fingerprint density at radius 1 is 1.28 bits per heavy atom. The van der Waals surface area contributed by atoms with Gasteiger partial charge in [-0.1, -0.05) is 12.1 Å². The van der Waals surface area contributed by atoms with Crippen molar-refractivity contribution in [3.05, 3.63) is 36.0 Å². The van der Waals surface area contributed by atoms with Gasteiger partial charge in [-0.25, -0.2) is 0 Å². The van der Waals surface area contributed by atoms with E-state index in [2.05, 4.69) is 28.1 Å². The van der Waals surface area contributed by atoms with Gasteiger partial charge in [0.15, 0.2) is 0 Å². The highest BCUT2D eigenvalue weighted by Crippen LogP contribution is 2.44. The van der Waals surface area contributed by atoms with Crippen molar-refractivity contribution in [2.45, 2.75) is 30.9 Å². The van der Waals surface area contributed by atoms with Crippen molar-refractivity contribution in [1.82, 2.24) is 9.88 Å². The lowest BCUT2D eigenvalue weighted by molar-refractivity contribution is 0.0108. The van der Waals surface area contributed by atoms with Crippen LogP contribution in [0.3, 0.4) is 0 Å². The summed E-state index contributed by atoms with van der Waals surface area (Å²) in [6, 6.07) is 8.61. The third-order valence-corrected chi connectivity index (χ3v) is 4.76. The molecule has 0 bridgehead atoms. The molecular formula is C15H18N2O. The van der Waals surface area contributed by atoms with E-state index in [1.165, 1.54) is 11.8 Å². The Labute approximate surface area is 106 Å². The number of benzene rings is 1. The van der Waals surface area contributed by atoms with Crippen LogP contribution in [-0.4, -0.2) is 34.1 Å². The van der Waals surface area contributed by atoms with Crippen LogP contribution >= 0.6 is 0 Å². The predicted octanol–water partition coefficient (Wildman–Crippen LogP) is 2.22. The van der Waals surface area contributed by atoms with Gasteiger partial charge < -0.3 is 10.1 Å². The first-order valence-corrected chi connectivity index (χ1v) is 6.82. The molecule has 2 saturated heterocycles. The van der Waals surface area contributed by atoms with E-state index in [1.807, 2.05) is 12.3 Å². The highest BCUT2D eigenvalue weighted by Gasteiger charge is 2.49. The number of rotatable bonds is 1. The summed E-state index contributed by atoms with van der Waals surface area (Å²) in [5, 5.41) is 12.4. The van der Waals surface area contributed by atoms with E-state index in [-0.39, 0.29) is 0 Å². The first kappa shape index (κ1) is 10.6. The standard InChI is InChI=1S/C15H18N2O/c18-15(7-10-17-9-2-5-14(15)17)12-3-1-4-13-11(12)6-8-16-13/h1,3-4,6,8,14,16,18H,2,5,7,9-10H2. The van der Waals surface area contributed by atoms with Crippen LogP contribution in [0.15, 0.2) is 30.5 Å². The number of fused-ring (bicyclic) bond motifs is 2. The molecule has 3 heterocycles. The van der Waals surface area contributed by atoms with Crippen LogP contribution in [0.2, 0.25) is 0 Å². The molecule has 2 atom stereocenters. The molecule has 0 radical (unpaired) electrons. The molecule has 2 aliphatic heterocycles. The average Bonchev–Trinajstić information content (AvgIpc) is 3.06. The molecule has 94 valence electrons. The molecule has 2 fully saturated rings. The van der Waals surface area contributed by atoms with Crippen molar-refractivity contribution in [3.8, 4) is 0 Å². The van der Waals surface area contributed by atoms with Crippen LogP contribution in [0.25, 0.3) is 10.9 Å². The van der Waals surface area contributed by atoms with Crippen LogP contribution < -0.4 is 0 Å². The second-order valence-electron chi connectivity index (χ2n) is 5.61. The number of hydrogen-bond acceptors (Lipinski definition) is 2. The lowest BCUT2D eigenvalue weighted by Gasteiger charge is -2.31. The van der Waals surface area contributed by atoms with Gasteiger partial charge in [0.2, 0.25) is 0 Å². The molecule has 0 aliphatic carbocycles. The van der Waals surface area contributed by atoms with Crippen LogP contribution in [0.5, 0.6) is 0 Å². The number of aromatic amines is 1. The van der Waals surface area contributed by atoms with Crippen molar-refractivity contribution < 1.29 is 5.11 Å². The van der Waals surface area contributed by atoms with E-state index in [1.54, 1.807) is 0 Å². The van der Waals surface area contributed by atoms with Crippen molar-refractivity contribution in [3.63, 3.8) is 0 Å². The monoisotopic (exact) mass is 242 g/mol. The minimum atomic E-state index is -0.655. The first-order valence-electron chi connectivity index (χ1n) is 6.82. The Bertz CT molecular complexity index is 591. The normalized spacial score (nSPS) is 32.2. The zero-order valence-electron chi connectivity index (χ0n) is 10.4. The van der Waals surface area contributed by atoms with Crippen LogP contribution in [0, 0.1) is 0 Å². The molecule has 2 aliphatic rings. The molecule has 4 rings (SSSR count). The molecule has 1 aromatic carbocycles. The van der Waals surface area contributed by atoms with Gasteiger partial charge in [-0.3, -0.25) is 4.90 Å². The van der Waals surface area contributed by atoms with E-state index in [9.17, 15) is 5.11 Å². The molecule has 2 N–H and O–H groups in total. The molecule has 2 unspecified atom stereocenters. The SMILES string of the molecule is OC1(c2cccc3[nH]ccc23)CCN2CCCC21. The van der Waals surface area contributed by atoms with Gasteiger partial charge in [0.05, 0.1) is 0 Å². The Balaban J connectivity index is 1.89. The number of hydrogen-bond donors (Lipinski definition) is 2. The van der Waals surface area contributed by atoms with Crippen molar-refractivity contribution in [2.24, 2.45) is 0 Å². The Morgan fingerprint density at radius 3 is 3.17 bits per heavy atom. The topological polar surface area (TPSA) is 39.3 Å². The zero-order chi connectivity index (χ0) is 12.2. The molecule has 18 heavy (non-hydrogen) atoms. The van der Waals surface area contributed by atoms with Crippen molar-refractivity contribution in [1.29, 1.82) is 0 Å². The summed E-state index contributed by atoms with van der Waals surface area (Å²) in [6.07, 6.45) is 5.16. The molecule has 0 saturated carbocycles. The second-order valence-corrected chi connectivity index (χ2v) is 5.61. The van der Waals surface area contributed by atoms with Gasteiger partial charge in [-0.2, -0.15) is 0 Å². The van der Waals surface area contributed by atoms with Gasteiger partial charge >= 0.3 is 0 Å². The summed E-state index contributed by atoms with van der Waals surface area (Å²) >= 11 is 0. The Morgan fingerprint density at radius 2 is 2.22 bits per heavy atom. The zero-order valence-corrected chi connectivity index (χ0v) is 10.4. The van der Waals surface area contributed by atoms with Crippen LogP contribution in [0.4, 0.5) is 0 Å². The van der Waals surface area contributed by atoms with Crippen LogP contribution in [-0.2, 0) is 5.60 Å². The fourth-order valence-corrected chi connectivity index (χ4v) is 3.89. The second kappa shape index (κ2) is 3.59. The van der Waals surface area contributed by atoms with Crippen LogP contribution in [0.1, 0.15) is 24.8 Å². The minimum Gasteiger partial charge on any atom is -0.383 e. The Hall–Kier alpha value is -1.32. The lowest BCUT2D eigenvalue weighted by atomic mass is 9.83.